The third-order valence-corrected chi connectivity index (χ3v) is 3.44. The number of carboxylic acids is 1. The summed E-state index contributed by atoms with van der Waals surface area (Å²) in [5.41, 5.74) is 13.3. The Kier molecular flexibility index (Phi) is 10.6. The second-order valence-electron chi connectivity index (χ2n) is 5.60. The summed E-state index contributed by atoms with van der Waals surface area (Å²) in [5, 5.41) is 33.0. The minimum absolute atomic E-state index is 0.0911. The van der Waals surface area contributed by atoms with Gasteiger partial charge in [0, 0.05) is 19.6 Å². The van der Waals surface area contributed by atoms with Crippen molar-refractivity contribution in [3.63, 3.8) is 0 Å². The normalized spacial score (nSPS) is 15.3. The molecule has 0 rings (SSSR count). The maximum atomic E-state index is 12.4. The molecule has 0 spiro atoms. The number of nitrogens with one attached hydrogen (secondary N) is 3. The molecule has 2 amide bonds. The average molecular weight is 394 g/mol. The molecule has 0 fully saturated rings. The molecule has 10 N–H and O–H groups in total. The van der Waals surface area contributed by atoms with Gasteiger partial charge in [-0.05, 0) is 19.1 Å². The first-order chi connectivity index (χ1) is 12.0. The predicted octanol–water partition coefficient (Wildman–Crippen LogP) is -4.19. The van der Waals surface area contributed by atoms with Crippen molar-refractivity contribution in [1.82, 2.24) is 21.1 Å². The first-order valence-electron chi connectivity index (χ1n) is 7.63. The van der Waals surface area contributed by atoms with Crippen molar-refractivity contribution in [3.8, 4) is 0 Å². The number of carbonyl (C=O) groups is 3. The highest BCUT2D eigenvalue weighted by atomic mass is 32.1. The van der Waals surface area contributed by atoms with Crippen LogP contribution in [0.2, 0.25) is 0 Å². The van der Waals surface area contributed by atoms with Gasteiger partial charge in [0.2, 0.25) is 5.91 Å². The van der Waals surface area contributed by atoms with E-state index >= 15 is 0 Å². The van der Waals surface area contributed by atoms with Gasteiger partial charge in [-0.2, -0.15) is 0 Å². The Hall–Kier alpha value is -2.06. The molecule has 0 aliphatic carbocycles. The first-order valence-corrected chi connectivity index (χ1v) is 8.04. The molecule has 0 aliphatic heterocycles. The maximum Gasteiger partial charge on any atom is 0.328 e. The van der Waals surface area contributed by atoms with E-state index < -0.39 is 48.4 Å². The fraction of sp³-hybridized carbons (Fsp3) is 0.692. The number of carbonyl (C=O) groups excluding carboxylic acids is 2. The lowest BCUT2D eigenvalue weighted by atomic mass is 10.1. The molecule has 1 unspecified atom stereocenters. The molecule has 13 heteroatoms. The fourth-order valence-corrected chi connectivity index (χ4v) is 2.03. The third kappa shape index (κ3) is 8.87. The molecule has 0 bridgehead atoms. The molecule has 0 saturated carbocycles. The van der Waals surface area contributed by atoms with Gasteiger partial charge in [-0.1, -0.05) is 0 Å². The summed E-state index contributed by atoms with van der Waals surface area (Å²) < 4.78 is 0. The van der Waals surface area contributed by atoms with Crippen LogP contribution in [-0.4, -0.2) is 87.7 Å². The number of nitrogens with two attached hydrogens (primary N) is 2. The van der Waals surface area contributed by atoms with Gasteiger partial charge in [-0.3, -0.25) is 14.6 Å². The van der Waals surface area contributed by atoms with E-state index in [1.54, 1.807) is 0 Å². The quantitative estimate of drug-likeness (QED) is 0.125. The molecule has 26 heavy (non-hydrogen) atoms. The van der Waals surface area contributed by atoms with Crippen LogP contribution in [-0.2, 0) is 14.4 Å². The lowest BCUT2D eigenvalue weighted by molar-refractivity contribution is -0.141. The summed E-state index contributed by atoms with van der Waals surface area (Å²) in [6, 6.07) is -3.19. The van der Waals surface area contributed by atoms with Crippen LogP contribution in [0, 0.1) is 0 Å². The van der Waals surface area contributed by atoms with Gasteiger partial charge >= 0.3 is 5.97 Å². The van der Waals surface area contributed by atoms with Crippen LogP contribution in [0.5, 0.6) is 0 Å². The van der Waals surface area contributed by atoms with Crippen LogP contribution >= 0.6 is 12.2 Å². The standard InChI is InChI=1S/C13H26N6O6S/c1-6(21)10(12(24)25)18-13(26)17-8(3-9(15)22)11(23)19(2)16-4-7(14)5-20/h6-8,10,16,20-21H,3-5,14H2,1-2H3,(H2,15,22)(H,24,25)(H2,17,18,26)/t6?,7-,8+,10+/m1/s1. The number of aliphatic hydroxyl groups excluding tert-OH is 2. The molecule has 12 nitrogen and oxygen atoms in total. The summed E-state index contributed by atoms with van der Waals surface area (Å²) in [6.07, 6.45) is -1.67. The SMILES string of the molecule is CC(O)[C@H](NC(=S)N[C@@H](CC(N)=O)C(=O)N(C)NC[C@@H](N)CO)C(=O)O. The molecule has 0 radical (unpaired) electrons. The monoisotopic (exact) mass is 394 g/mol. The van der Waals surface area contributed by atoms with Crippen LogP contribution in [0.4, 0.5) is 0 Å². The number of carboxylic acid groups (broad SMARTS) is 1. The van der Waals surface area contributed by atoms with E-state index in [0.29, 0.717) is 0 Å². The Morgan fingerprint density at radius 1 is 1.27 bits per heavy atom. The Bertz CT molecular complexity index is 519. The second-order valence-corrected chi connectivity index (χ2v) is 6.01. The number of hydrazine groups is 1. The fourth-order valence-electron chi connectivity index (χ4n) is 1.76. The minimum Gasteiger partial charge on any atom is -0.480 e. The lowest BCUT2D eigenvalue weighted by Crippen LogP contribution is -2.58. The number of primary amides is 1. The zero-order valence-corrected chi connectivity index (χ0v) is 15.3. The summed E-state index contributed by atoms with van der Waals surface area (Å²) in [6.45, 7) is 1.05. The zero-order valence-electron chi connectivity index (χ0n) is 14.5. The Morgan fingerprint density at radius 3 is 2.27 bits per heavy atom. The largest absolute Gasteiger partial charge is 0.480 e. The van der Waals surface area contributed by atoms with E-state index in [0.717, 1.165) is 5.01 Å². The van der Waals surface area contributed by atoms with Crippen molar-refractivity contribution in [2.45, 2.75) is 37.6 Å². The van der Waals surface area contributed by atoms with Gasteiger partial charge in [-0.25, -0.2) is 10.2 Å². The Morgan fingerprint density at radius 2 is 1.85 bits per heavy atom. The van der Waals surface area contributed by atoms with Gasteiger partial charge in [0.15, 0.2) is 11.2 Å². The molecule has 0 aliphatic rings. The summed E-state index contributed by atoms with van der Waals surface area (Å²) >= 11 is 4.94. The van der Waals surface area contributed by atoms with Crippen LogP contribution in [0.25, 0.3) is 0 Å². The number of nitrogens with zero attached hydrogens (tertiary/aromatic N) is 1. The van der Waals surface area contributed by atoms with Gasteiger partial charge in [0.1, 0.15) is 6.04 Å². The maximum absolute atomic E-state index is 12.4. The number of aliphatic carboxylic acids is 1. The van der Waals surface area contributed by atoms with Gasteiger partial charge < -0.3 is 37.4 Å². The highest BCUT2D eigenvalue weighted by Crippen LogP contribution is 1.99. The van der Waals surface area contributed by atoms with E-state index in [1.807, 2.05) is 0 Å². The molecule has 0 heterocycles. The zero-order chi connectivity index (χ0) is 20.4. The number of aliphatic hydroxyl groups is 2. The number of amides is 2. The van der Waals surface area contributed by atoms with Crippen molar-refractivity contribution in [3.05, 3.63) is 0 Å². The molecule has 4 atom stereocenters. The minimum atomic E-state index is -1.40. The highest BCUT2D eigenvalue weighted by molar-refractivity contribution is 7.80. The van der Waals surface area contributed by atoms with E-state index in [-0.39, 0.29) is 18.3 Å². The van der Waals surface area contributed by atoms with Crippen molar-refractivity contribution in [2.75, 3.05) is 20.2 Å². The molecular weight excluding hydrogens is 368 g/mol. The lowest BCUT2D eigenvalue weighted by Gasteiger charge is -2.27. The van der Waals surface area contributed by atoms with Gasteiger partial charge in [0.05, 0.1) is 19.1 Å². The number of rotatable bonds is 11. The van der Waals surface area contributed by atoms with E-state index in [4.69, 9.17) is 33.9 Å². The Labute approximate surface area is 155 Å². The summed E-state index contributed by atoms with van der Waals surface area (Å²) in [5.74, 6) is -2.76. The van der Waals surface area contributed by atoms with Gasteiger partial charge in [0.25, 0.3) is 5.91 Å². The number of likely N-dealkylation sites (N-methyl/N-ethyl adjacent to an activating group) is 1. The van der Waals surface area contributed by atoms with E-state index in [1.165, 1.54) is 14.0 Å². The molecular formula is C13H26N6O6S. The molecule has 0 aromatic carbocycles. The molecule has 150 valence electrons. The molecule has 0 saturated heterocycles. The van der Waals surface area contributed by atoms with Crippen LogP contribution in [0.1, 0.15) is 13.3 Å². The number of thiocarbonyl (C=S) groups is 1. The summed E-state index contributed by atoms with van der Waals surface area (Å²) in [7, 11) is 1.37. The Balaban J connectivity index is 4.97. The summed E-state index contributed by atoms with van der Waals surface area (Å²) in [4.78, 5) is 34.7. The smallest absolute Gasteiger partial charge is 0.328 e. The van der Waals surface area contributed by atoms with E-state index in [9.17, 15) is 19.5 Å². The highest BCUT2D eigenvalue weighted by Gasteiger charge is 2.28. The molecule has 0 aromatic rings. The average Bonchev–Trinajstić information content (AvgIpc) is 2.54. The van der Waals surface area contributed by atoms with Crippen molar-refractivity contribution >= 4 is 35.1 Å². The molecule has 0 aromatic heterocycles. The van der Waals surface area contributed by atoms with Gasteiger partial charge in [-0.15, -0.1) is 0 Å². The van der Waals surface area contributed by atoms with Crippen LogP contribution < -0.4 is 27.5 Å². The van der Waals surface area contributed by atoms with Crippen LogP contribution in [0.15, 0.2) is 0 Å². The second kappa shape index (κ2) is 11.5. The predicted molar refractivity (Wildman–Crippen MR) is 95.4 cm³/mol. The van der Waals surface area contributed by atoms with Crippen molar-refractivity contribution in [1.29, 1.82) is 0 Å². The van der Waals surface area contributed by atoms with Crippen molar-refractivity contribution in [2.24, 2.45) is 11.5 Å². The third-order valence-electron chi connectivity index (χ3n) is 3.20. The number of hydrogen-bond acceptors (Lipinski definition) is 8. The van der Waals surface area contributed by atoms with Crippen LogP contribution in [0.3, 0.4) is 0 Å². The topological polar surface area (TPSA) is 203 Å². The van der Waals surface area contributed by atoms with E-state index in [2.05, 4.69) is 16.1 Å². The number of hydrogen-bond donors (Lipinski definition) is 8. The van der Waals surface area contributed by atoms with Crippen molar-refractivity contribution < 1.29 is 29.7 Å². The first kappa shape index (κ1) is 23.9.